The van der Waals surface area contributed by atoms with Gasteiger partial charge in [-0.2, -0.15) is 5.26 Å². The van der Waals surface area contributed by atoms with Crippen molar-refractivity contribution in [3.05, 3.63) is 88.6 Å². The number of halogens is 1. The molecule has 2 unspecified atom stereocenters. The topological polar surface area (TPSA) is 81.3 Å². The van der Waals surface area contributed by atoms with Crippen LogP contribution in [-0.4, -0.2) is 27.4 Å². The first-order valence-electron chi connectivity index (χ1n) is 11.3. The summed E-state index contributed by atoms with van der Waals surface area (Å²) >= 11 is 6.41. The van der Waals surface area contributed by atoms with Crippen LogP contribution >= 0.6 is 19.7 Å². The summed E-state index contributed by atoms with van der Waals surface area (Å²) in [6.45, 7) is 6.00. The highest BCUT2D eigenvalue weighted by Gasteiger charge is 2.33. The Morgan fingerprint density at radius 2 is 1.83 bits per heavy atom. The van der Waals surface area contributed by atoms with Crippen LogP contribution in [0, 0.1) is 18.3 Å². The summed E-state index contributed by atoms with van der Waals surface area (Å²) in [5, 5.41) is 12.0. The fourth-order valence-electron chi connectivity index (χ4n) is 3.96. The number of hydrogen-bond acceptors (Lipinski definition) is 5. The SMILES string of the molecule is CCOC(=O)c1c(P(OCC)c2cc(C)cc(C#N)c2)c2cc(Cl)ccc2n1S(=O)c1ccccc1. The molecule has 1 heterocycles. The minimum absolute atomic E-state index is 0.147. The van der Waals surface area contributed by atoms with Gasteiger partial charge in [-0.1, -0.05) is 29.8 Å². The molecule has 36 heavy (non-hydrogen) atoms. The molecule has 184 valence electrons. The maximum atomic E-state index is 13.9. The van der Waals surface area contributed by atoms with E-state index >= 15 is 0 Å². The van der Waals surface area contributed by atoms with Gasteiger partial charge in [0.25, 0.3) is 0 Å². The Kier molecular flexibility index (Phi) is 8.23. The average molecular weight is 539 g/mol. The number of benzene rings is 3. The number of aryl methyl sites for hydroxylation is 1. The fourth-order valence-corrected chi connectivity index (χ4v) is 7.62. The molecule has 6 nitrogen and oxygen atoms in total. The van der Waals surface area contributed by atoms with Crippen molar-refractivity contribution in [1.82, 2.24) is 3.97 Å². The zero-order valence-corrected chi connectivity index (χ0v) is 22.5. The second-order valence-corrected chi connectivity index (χ2v) is 11.4. The number of nitrogens with zero attached hydrogens (tertiary/aromatic N) is 2. The van der Waals surface area contributed by atoms with E-state index in [-0.39, 0.29) is 12.3 Å². The number of hydrogen-bond donors (Lipinski definition) is 0. The predicted octanol–water partition coefficient (Wildman–Crippen LogP) is 5.61. The van der Waals surface area contributed by atoms with Gasteiger partial charge in [0.15, 0.2) is 16.7 Å². The lowest BCUT2D eigenvalue weighted by atomic mass is 10.2. The number of fused-ring (bicyclic) bond motifs is 1. The zero-order valence-electron chi connectivity index (χ0n) is 20.0. The summed E-state index contributed by atoms with van der Waals surface area (Å²) in [6, 6.07) is 21.8. The molecule has 4 aromatic rings. The third-order valence-electron chi connectivity index (χ3n) is 5.33. The molecule has 0 aliphatic heterocycles. The van der Waals surface area contributed by atoms with E-state index in [9.17, 15) is 14.3 Å². The number of aromatic nitrogens is 1. The minimum Gasteiger partial charge on any atom is -0.461 e. The van der Waals surface area contributed by atoms with Crippen LogP contribution in [-0.2, 0) is 20.2 Å². The molecular formula is C27H24ClN2O4PS. The maximum absolute atomic E-state index is 13.9. The van der Waals surface area contributed by atoms with Crippen LogP contribution < -0.4 is 10.6 Å². The molecule has 2 atom stereocenters. The van der Waals surface area contributed by atoms with E-state index in [0.29, 0.717) is 38.3 Å². The molecule has 0 N–H and O–H groups in total. The van der Waals surface area contributed by atoms with Crippen molar-refractivity contribution in [2.75, 3.05) is 13.2 Å². The van der Waals surface area contributed by atoms with Gasteiger partial charge in [0.2, 0.25) is 0 Å². The molecule has 4 rings (SSSR count). The van der Waals surface area contributed by atoms with E-state index in [1.807, 2.05) is 26.0 Å². The van der Waals surface area contributed by atoms with Gasteiger partial charge in [0.05, 0.1) is 36.8 Å². The molecular weight excluding hydrogens is 515 g/mol. The Bertz CT molecular complexity index is 1500. The number of esters is 1. The molecule has 0 bridgehead atoms. The zero-order chi connectivity index (χ0) is 25.8. The third-order valence-corrected chi connectivity index (χ3v) is 9.05. The predicted molar refractivity (Wildman–Crippen MR) is 145 cm³/mol. The fraction of sp³-hybridized carbons (Fsp3) is 0.185. The monoisotopic (exact) mass is 538 g/mol. The summed E-state index contributed by atoms with van der Waals surface area (Å²) < 4.78 is 27.2. The number of carbonyl (C=O) groups excluding carboxylic acids is 1. The molecule has 0 saturated carbocycles. The van der Waals surface area contributed by atoms with E-state index < -0.39 is 25.1 Å². The van der Waals surface area contributed by atoms with Gasteiger partial charge in [0.1, 0.15) is 0 Å². The third kappa shape index (κ3) is 5.09. The molecule has 0 amide bonds. The Balaban J connectivity index is 2.11. The second-order valence-electron chi connectivity index (χ2n) is 7.82. The number of ether oxygens (including phenoxy) is 1. The van der Waals surface area contributed by atoms with E-state index in [2.05, 4.69) is 6.07 Å². The standard InChI is InChI=1S/C27H24ClN2O4PS/c1-4-33-27(31)25-26(35(34-5-2)21-14-18(3)13-19(15-21)17-29)23-16-20(28)11-12-24(23)30(25)36(32)22-9-7-6-8-10-22/h6-16H,4-5H2,1-3H3. The van der Waals surface area contributed by atoms with Crippen molar-refractivity contribution < 1.29 is 18.3 Å². The van der Waals surface area contributed by atoms with Gasteiger partial charge >= 0.3 is 5.97 Å². The number of rotatable bonds is 8. The van der Waals surface area contributed by atoms with Crippen molar-refractivity contribution in [3.63, 3.8) is 0 Å². The van der Waals surface area contributed by atoms with Gasteiger partial charge in [-0.25, -0.2) is 13.0 Å². The van der Waals surface area contributed by atoms with Gasteiger partial charge < -0.3 is 9.26 Å². The molecule has 0 aliphatic carbocycles. The van der Waals surface area contributed by atoms with Crippen molar-refractivity contribution in [3.8, 4) is 6.07 Å². The highest BCUT2D eigenvalue weighted by Crippen LogP contribution is 2.42. The molecule has 0 spiro atoms. The van der Waals surface area contributed by atoms with Gasteiger partial charge in [-0.3, -0.25) is 0 Å². The summed E-state index contributed by atoms with van der Waals surface area (Å²) in [7, 11) is -3.36. The Hall–Kier alpha value is -3.01. The van der Waals surface area contributed by atoms with Crippen molar-refractivity contribution >= 4 is 58.2 Å². The van der Waals surface area contributed by atoms with Crippen LogP contribution in [0.2, 0.25) is 5.02 Å². The van der Waals surface area contributed by atoms with E-state index in [4.69, 9.17) is 20.9 Å². The van der Waals surface area contributed by atoms with Crippen LogP contribution in [0.5, 0.6) is 0 Å². The number of nitriles is 1. The lowest BCUT2D eigenvalue weighted by Gasteiger charge is -2.20. The normalized spacial score (nSPS) is 12.8. The minimum atomic E-state index is -1.75. The van der Waals surface area contributed by atoms with Crippen LogP contribution in [0.1, 0.15) is 35.5 Å². The van der Waals surface area contributed by atoms with Gasteiger partial charge in [0, 0.05) is 27.6 Å². The average Bonchev–Trinajstić information content (AvgIpc) is 3.21. The van der Waals surface area contributed by atoms with Crippen molar-refractivity contribution in [1.29, 1.82) is 5.26 Å². The van der Waals surface area contributed by atoms with Gasteiger partial charge in [-0.15, -0.1) is 0 Å². The first kappa shape index (κ1) is 26.1. The molecule has 1 aromatic heterocycles. The van der Waals surface area contributed by atoms with Crippen LogP contribution in [0.3, 0.4) is 0 Å². The first-order valence-corrected chi connectivity index (χ1v) is 14.1. The Morgan fingerprint density at radius 3 is 2.50 bits per heavy atom. The molecule has 0 saturated heterocycles. The highest BCUT2D eigenvalue weighted by molar-refractivity contribution is 7.84. The lowest BCUT2D eigenvalue weighted by molar-refractivity contribution is 0.0520. The summed E-state index contributed by atoms with van der Waals surface area (Å²) in [6.07, 6.45) is 0. The molecule has 9 heteroatoms. The smallest absolute Gasteiger partial charge is 0.356 e. The highest BCUT2D eigenvalue weighted by atomic mass is 35.5. The van der Waals surface area contributed by atoms with Crippen molar-refractivity contribution in [2.45, 2.75) is 25.7 Å². The Morgan fingerprint density at radius 1 is 1.08 bits per heavy atom. The van der Waals surface area contributed by atoms with E-state index in [0.717, 1.165) is 10.9 Å². The van der Waals surface area contributed by atoms with Crippen LogP contribution in [0.15, 0.2) is 71.6 Å². The van der Waals surface area contributed by atoms with Crippen LogP contribution in [0.25, 0.3) is 10.9 Å². The maximum Gasteiger partial charge on any atom is 0.356 e. The Labute approximate surface area is 218 Å². The van der Waals surface area contributed by atoms with E-state index in [1.165, 1.54) is 3.97 Å². The molecule has 0 fully saturated rings. The van der Waals surface area contributed by atoms with Gasteiger partial charge in [-0.05, 0) is 74.9 Å². The molecule has 0 radical (unpaired) electrons. The van der Waals surface area contributed by atoms with Crippen LogP contribution in [0.4, 0.5) is 0 Å². The largest absolute Gasteiger partial charge is 0.461 e. The molecule has 3 aromatic carbocycles. The summed E-state index contributed by atoms with van der Waals surface area (Å²) in [4.78, 5) is 14.0. The van der Waals surface area contributed by atoms with E-state index in [1.54, 1.807) is 61.5 Å². The summed E-state index contributed by atoms with van der Waals surface area (Å²) in [5.74, 6) is -0.607. The second kappa shape index (κ2) is 11.4. The molecule has 0 aliphatic rings. The number of carbonyl (C=O) groups is 1. The van der Waals surface area contributed by atoms with Crippen molar-refractivity contribution in [2.24, 2.45) is 0 Å². The quantitative estimate of drug-likeness (QED) is 0.215. The summed E-state index contributed by atoms with van der Waals surface area (Å²) in [5.41, 5.74) is 2.10. The lowest BCUT2D eigenvalue weighted by Crippen LogP contribution is -2.25. The first-order chi connectivity index (χ1) is 17.4.